The molecule has 27 heavy (non-hydrogen) atoms. The van der Waals surface area contributed by atoms with Crippen LogP contribution in [0.15, 0.2) is 54.9 Å². The first-order valence-corrected chi connectivity index (χ1v) is 9.99. The van der Waals surface area contributed by atoms with Crippen LogP contribution in [0.25, 0.3) is 0 Å². The molecular formula is C22H28N4O. The highest BCUT2D eigenvalue weighted by atomic mass is 16.2. The molecule has 1 atom stereocenters. The summed E-state index contributed by atoms with van der Waals surface area (Å²) in [4.78, 5) is 24.1. The van der Waals surface area contributed by atoms with Crippen LogP contribution < -0.4 is 4.90 Å². The minimum Gasteiger partial charge on any atom is -0.368 e. The van der Waals surface area contributed by atoms with Gasteiger partial charge in [0, 0.05) is 57.3 Å². The van der Waals surface area contributed by atoms with Crippen LogP contribution in [0, 0.1) is 5.92 Å². The van der Waals surface area contributed by atoms with Gasteiger partial charge in [-0.3, -0.25) is 14.7 Å². The lowest BCUT2D eigenvalue weighted by molar-refractivity contribution is -0.137. The van der Waals surface area contributed by atoms with Crippen LogP contribution in [-0.2, 0) is 11.3 Å². The molecule has 2 fully saturated rings. The van der Waals surface area contributed by atoms with Crippen molar-refractivity contribution in [1.82, 2.24) is 14.8 Å². The second-order valence-electron chi connectivity index (χ2n) is 7.58. The highest BCUT2D eigenvalue weighted by molar-refractivity contribution is 5.79. The Labute approximate surface area is 161 Å². The van der Waals surface area contributed by atoms with E-state index in [-0.39, 0.29) is 5.92 Å². The summed E-state index contributed by atoms with van der Waals surface area (Å²) in [5.74, 6) is 0.484. The Morgan fingerprint density at radius 3 is 2.56 bits per heavy atom. The first kappa shape index (κ1) is 18.0. The van der Waals surface area contributed by atoms with Crippen LogP contribution >= 0.6 is 0 Å². The average Bonchev–Trinajstić information content (AvgIpc) is 2.75. The molecular weight excluding hydrogens is 336 g/mol. The van der Waals surface area contributed by atoms with E-state index in [1.54, 1.807) is 6.20 Å². The number of benzene rings is 1. The molecule has 4 rings (SSSR count). The number of carbonyl (C=O) groups is 1. The maximum atomic E-state index is 13.1. The van der Waals surface area contributed by atoms with E-state index < -0.39 is 0 Å². The fraction of sp³-hybridized carbons (Fsp3) is 0.455. The van der Waals surface area contributed by atoms with E-state index >= 15 is 0 Å². The number of hydrogen-bond acceptors (Lipinski definition) is 4. The van der Waals surface area contributed by atoms with Crippen LogP contribution in [0.4, 0.5) is 5.69 Å². The Morgan fingerprint density at radius 1 is 1.00 bits per heavy atom. The Hall–Kier alpha value is -2.40. The number of hydrogen-bond donors (Lipinski definition) is 0. The van der Waals surface area contributed by atoms with Crippen molar-refractivity contribution in [2.75, 3.05) is 44.2 Å². The van der Waals surface area contributed by atoms with Crippen LogP contribution in [0.5, 0.6) is 0 Å². The van der Waals surface area contributed by atoms with Gasteiger partial charge in [-0.15, -0.1) is 0 Å². The van der Waals surface area contributed by atoms with Gasteiger partial charge >= 0.3 is 0 Å². The SMILES string of the molecule is O=C([C@H]1CCCN(Cc2cccnc2)C1)N1CCN(c2ccccc2)CC1. The zero-order valence-electron chi connectivity index (χ0n) is 15.8. The third-order valence-corrected chi connectivity index (χ3v) is 5.70. The van der Waals surface area contributed by atoms with Crippen molar-refractivity contribution in [1.29, 1.82) is 0 Å². The van der Waals surface area contributed by atoms with Gasteiger partial charge in [0.05, 0.1) is 5.92 Å². The molecule has 1 amide bonds. The summed E-state index contributed by atoms with van der Waals surface area (Å²) in [5.41, 5.74) is 2.48. The summed E-state index contributed by atoms with van der Waals surface area (Å²) < 4.78 is 0. The fourth-order valence-electron chi connectivity index (χ4n) is 4.23. The van der Waals surface area contributed by atoms with Gasteiger partial charge < -0.3 is 9.80 Å². The van der Waals surface area contributed by atoms with E-state index in [1.165, 1.54) is 11.3 Å². The zero-order chi connectivity index (χ0) is 18.5. The van der Waals surface area contributed by atoms with Crippen molar-refractivity contribution in [2.45, 2.75) is 19.4 Å². The monoisotopic (exact) mass is 364 g/mol. The Kier molecular flexibility index (Phi) is 5.68. The largest absolute Gasteiger partial charge is 0.368 e. The highest BCUT2D eigenvalue weighted by Crippen LogP contribution is 2.22. The quantitative estimate of drug-likeness (QED) is 0.836. The van der Waals surface area contributed by atoms with Crippen molar-refractivity contribution in [2.24, 2.45) is 5.92 Å². The molecule has 1 aromatic carbocycles. The van der Waals surface area contributed by atoms with Gasteiger partial charge in [-0.25, -0.2) is 0 Å². The number of para-hydroxylation sites is 1. The third-order valence-electron chi connectivity index (χ3n) is 5.70. The third kappa shape index (κ3) is 4.48. The maximum absolute atomic E-state index is 13.1. The zero-order valence-corrected chi connectivity index (χ0v) is 15.8. The minimum atomic E-state index is 0.138. The molecule has 0 unspecified atom stereocenters. The first-order valence-electron chi connectivity index (χ1n) is 9.99. The van der Waals surface area contributed by atoms with E-state index in [0.29, 0.717) is 5.91 Å². The number of carbonyl (C=O) groups excluding carboxylic acids is 1. The lowest BCUT2D eigenvalue weighted by atomic mass is 9.95. The van der Waals surface area contributed by atoms with Crippen molar-refractivity contribution in [3.63, 3.8) is 0 Å². The summed E-state index contributed by atoms with van der Waals surface area (Å²) >= 11 is 0. The lowest BCUT2D eigenvalue weighted by Crippen LogP contribution is -2.52. The number of likely N-dealkylation sites (tertiary alicyclic amines) is 1. The smallest absolute Gasteiger partial charge is 0.227 e. The normalized spacial score (nSPS) is 21.3. The summed E-state index contributed by atoms with van der Waals surface area (Å²) in [6.07, 6.45) is 5.84. The molecule has 1 aromatic heterocycles. The summed E-state index contributed by atoms with van der Waals surface area (Å²) in [7, 11) is 0. The summed E-state index contributed by atoms with van der Waals surface area (Å²) in [6.45, 7) is 6.32. The Bertz CT molecular complexity index is 728. The second kappa shape index (κ2) is 8.53. The van der Waals surface area contributed by atoms with Crippen molar-refractivity contribution >= 4 is 11.6 Å². The average molecular weight is 364 g/mol. The molecule has 2 aliphatic heterocycles. The van der Waals surface area contributed by atoms with Crippen molar-refractivity contribution < 1.29 is 4.79 Å². The van der Waals surface area contributed by atoms with E-state index in [0.717, 1.165) is 58.7 Å². The van der Waals surface area contributed by atoms with E-state index in [2.05, 4.69) is 50.0 Å². The molecule has 0 aliphatic carbocycles. The Balaban J connectivity index is 1.30. The number of piperidine rings is 1. The van der Waals surface area contributed by atoms with Crippen molar-refractivity contribution in [3.8, 4) is 0 Å². The minimum absolute atomic E-state index is 0.138. The molecule has 0 bridgehead atoms. The summed E-state index contributed by atoms with van der Waals surface area (Å²) in [5, 5.41) is 0. The first-order chi connectivity index (χ1) is 13.3. The lowest BCUT2D eigenvalue weighted by Gasteiger charge is -2.39. The van der Waals surface area contributed by atoms with E-state index in [1.807, 2.05) is 18.3 Å². The number of amides is 1. The van der Waals surface area contributed by atoms with Gasteiger partial charge in [0.2, 0.25) is 5.91 Å². The maximum Gasteiger partial charge on any atom is 0.227 e. The highest BCUT2D eigenvalue weighted by Gasteiger charge is 2.31. The standard InChI is InChI=1S/C22H28N4O/c27-22(26-14-12-25(13-15-26)21-8-2-1-3-9-21)20-7-5-11-24(18-20)17-19-6-4-10-23-16-19/h1-4,6,8-10,16,20H,5,7,11-15,17-18H2/t20-/m0/s1. The second-order valence-corrected chi connectivity index (χ2v) is 7.58. The van der Waals surface area contributed by atoms with Crippen LogP contribution in [0.1, 0.15) is 18.4 Å². The predicted octanol–water partition coefficient (Wildman–Crippen LogP) is 2.64. The molecule has 2 saturated heterocycles. The molecule has 142 valence electrons. The number of piperazine rings is 1. The molecule has 2 aromatic rings. The van der Waals surface area contributed by atoms with Crippen LogP contribution in [0.3, 0.4) is 0 Å². The Morgan fingerprint density at radius 2 is 1.81 bits per heavy atom. The molecule has 0 radical (unpaired) electrons. The van der Waals surface area contributed by atoms with Gasteiger partial charge in [-0.05, 0) is 43.1 Å². The number of aromatic nitrogens is 1. The summed E-state index contributed by atoms with van der Waals surface area (Å²) in [6, 6.07) is 14.6. The van der Waals surface area contributed by atoms with Gasteiger partial charge in [-0.1, -0.05) is 24.3 Å². The van der Waals surface area contributed by atoms with Crippen LogP contribution in [-0.4, -0.2) is 60.0 Å². The topological polar surface area (TPSA) is 39.7 Å². The van der Waals surface area contributed by atoms with E-state index in [9.17, 15) is 4.79 Å². The predicted molar refractivity (Wildman–Crippen MR) is 107 cm³/mol. The number of rotatable bonds is 4. The molecule has 5 heteroatoms. The molecule has 0 N–H and O–H groups in total. The number of pyridine rings is 1. The van der Waals surface area contributed by atoms with Gasteiger partial charge in [0.1, 0.15) is 0 Å². The molecule has 0 spiro atoms. The van der Waals surface area contributed by atoms with Gasteiger partial charge in [-0.2, -0.15) is 0 Å². The van der Waals surface area contributed by atoms with Gasteiger partial charge in [0.25, 0.3) is 0 Å². The molecule has 5 nitrogen and oxygen atoms in total. The number of anilines is 1. The van der Waals surface area contributed by atoms with Gasteiger partial charge in [0.15, 0.2) is 0 Å². The molecule has 3 heterocycles. The molecule has 0 saturated carbocycles. The fourth-order valence-corrected chi connectivity index (χ4v) is 4.23. The van der Waals surface area contributed by atoms with E-state index in [4.69, 9.17) is 0 Å². The molecule has 2 aliphatic rings. The van der Waals surface area contributed by atoms with Crippen LogP contribution in [0.2, 0.25) is 0 Å². The number of nitrogens with zero attached hydrogens (tertiary/aromatic N) is 4. The van der Waals surface area contributed by atoms with Crippen molar-refractivity contribution in [3.05, 3.63) is 60.4 Å².